The molecule has 0 bridgehead atoms. The van der Waals surface area contributed by atoms with E-state index in [1.54, 1.807) is 0 Å². The SMILES string of the molecule is O=C(O)COCCOCCOCCOCCOCCOCCOCCCCCCI. The van der Waals surface area contributed by atoms with Crippen LogP contribution in [0.25, 0.3) is 0 Å². The van der Waals surface area contributed by atoms with E-state index in [0.717, 1.165) is 13.0 Å². The normalized spacial score (nSPS) is 11.2. The van der Waals surface area contributed by atoms with Gasteiger partial charge in [0.2, 0.25) is 0 Å². The molecule has 0 aliphatic rings. The minimum absolute atomic E-state index is 0.257. The van der Waals surface area contributed by atoms with E-state index in [-0.39, 0.29) is 13.2 Å². The van der Waals surface area contributed by atoms with Gasteiger partial charge in [-0.15, -0.1) is 0 Å². The largest absolute Gasteiger partial charge is 0.480 e. The summed E-state index contributed by atoms with van der Waals surface area (Å²) in [7, 11) is 0. The Morgan fingerprint density at radius 2 is 0.833 bits per heavy atom. The Morgan fingerprint density at radius 3 is 1.20 bits per heavy atom. The number of aliphatic carboxylic acids is 1. The molecular weight excluding hydrogens is 511 g/mol. The van der Waals surface area contributed by atoms with E-state index in [4.69, 9.17) is 38.3 Å². The van der Waals surface area contributed by atoms with Gasteiger partial charge in [0.05, 0.1) is 79.3 Å². The van der Waals surface area contributed by atoms with Crippen molar-refractivity contribution < 1.29 is 43.1 Å². The molecule has 0 spiro atoms. The molecule has 0 saturated heterocycles. The van der Waals surface area contributed by atoms with Gasteiger partial charge < -0.3 is 38.3 Å². The molecule has 0 fully saturated rings. The molecule has 0 aliphatic carbocycles. The van der Waals surface area contributed by atoms with Crippen LogP contribution in [0.4, 0.5) is 0 Å². The molecule has 0 aliphatic heterocycles. The third kappa shape index (κ3) is 27.9. The molecular formula is C20H39IO9. The third-order valence-corrected chi connectivity index (χ3v) is 4.39. The lowest BCUT2D eigenvalue weighted by atomic mass is 10.2. The number of hydrogen-bond acceptors (Lipinski definition) is 8. The molecule has 0 atom stereocenters. The fraction of sp³-hybridized carbons (Fsp3) is 0.950. The third-order valence-electron chi connectivity index (χ3n) is 3.63. The van der Waals surface area contributed by atoms with Crippen LogP contribution < -0.4 is 0 Å². The zero-order valence-corrected chi connectivity index (χ0v) is 20.2. The smallest absolute Gasteiger partial charge is 0.329 e. The van der Waals surface area contributed by atoms with Gasteiger partial charge in [-0.3, -0.25) is 0 Å². The molecule has 10 heteroatoms. The van der Waals surface area contributed by atoms with Gasteiger partial charge in [0.15, 0.2) is 0 Å². The Hall–Kier alpha value is -0.0800. The van der Waals surface area contributed by atoms with Crippen molar-refractivity contribution in [3.63, 3.8) is 0 Å². The van der Waals surface area contributed by atoms with Crippen LogP contribution in [0, 0.1) is 0 Å². The molecule has 30 heavy (non-hydrogen) atoms. The standard InChI is InChI=1S/C20H39IO9/c21-5-3-1-2-4-6-24-7-8-25-9-10-26-11-12-27-13-14-28-15-16-29-17-18-30-19-20(22)23/h1-19H2,(H,22,23). The van der Waals surface area contributed by atoms with Crippen molar-refractivity contribution in [1.29, 1.82) is 0 Å². The van der Waals surface area contributed by atoms with Crippen LogP contribution in [-0.4, -0.2) is 108 Å². The molecule has 0 aromatic heterocycles. The van der Waals surface area contributed by atoms with Gasteiger partial charge in [-0.05, 0) is 17.3 Å². The first kappa shape index (κ1) is 29.9. The van der Waals surface area contributed by atoms with Gasteiger partial charge in [0.1, 0.15) is 6.61 Å². The van der Waals surface area contributed by atoms with E-state index < -0.39 is 5.97 Å². The van der Waals surface area contributed by atoms with Crippen molar-refractivity contribution >= 4 is 28.6 Å². The molecule has 0 aromatic carbocycles. The van der Waals surface area contributed by atoms with Gasteiger partial charge in [-0.1, -0.05) is 35.4 Å². The van der Waals surface area contributed by atoms with Crippen molar-refractivity contribution in [3.05, 3.63) is 0 Å². The van der Waals surface area contributed by atoms with Gasteiger partial charge in [0, 0.05) is 6.61 Å². The van der Waals surface area contributed by atoms with Crippen molar-refractivity contribution in [2.24, 2.45) is 0 Å². The van der Waals surface area contributed by atoms with E-state index in [2.05, 4.69) is 22.6 Å². The summed E-state index contributed by atoms with van der Waals surface area (Å²) >= 11 is 2.41. The molecule has 0 aromatic rings. The molecule has 9 nitrogen and oxygen atoms in total. The van der Waals surface area contributed by atoms with E-state index in [9.17, 15) is 4.79 Å². The Bertz CT molecular complexity index is 348. The molecule has 180 valence electrons. The summed E-state index contributed by atoms with van der Waals surface area (Å²) in [5.41, 5.74) is 0. The Balaban J connectivity index is 2.99. The summed E-state index contributed by atoms with van der Waals surface area (Å²) in [6, 6.07) is 0. The maximum absolute atomic E-state index is 10.2. The zero-order valence-electron chi connectivity index (χ0n) is 18.0. The quantitative estimate of drug-likeness (QED) is 0.0987. The number of rotatable bonds is 26. The maximum Gasteiger partial charge on any atom is 0.329 e. The first-order valence-corrected chi connectivity index (χ1v) is 12.1. The second-order valence-corrected chi connectivity index (χ2v) is 7.30. The molecule has 0 saturated carbocycles. The first-order chi connectivity index (χ1) is 14.8. The van der Waals surface area contributed by atoms with Gasteiger partial charge in [0.25, 0.3) is 0 Å². The lowest BCUT2D eigenvalue weighted by Crippen LogP contribution is -2.15. The second kappa shape index (κ2) is 27.0. The van der Waals surface area contributed by atoms with Crippen LogP contribution in [0.2, 0.25) is 0 Å². The van der Waals surface area contributed by atoms with E-state index >= 15 is 0 Å². The van der Waals surface area contributed by atoms with Crippen LogP contribution in [0.15, 0.2) is 0 Å². The number of carboxylic acid groups (broad SMARTS) is 1. The van der Waals surface area contributed by atoms with Crippen LogP contribution in [0.3, 0.4) is 0 Å². The highest BCUT2D eigenvalue weighted by Crippen LogP contribution is 2.02. The summed E-state index contributed by atoms with van der Waals surface area (Å²) in [5, 5.41) is 8.38. The zero-order chi connectivity index (χ0) is 22.0. The number of alkyl halides is 1. The molecule has 0 amide bonds. The minimum Gasteiger partial charge on any atom is -0.480 e. The summed E-state index contributed by atoms with van der Waals surface area (Å²) in [6.07, 6.45) is 4.97. The number of halogens is 1. The molecule has 0 unspecified atom stereocenters. The average molecular weight is 550 g/mol. The highest BCUT2D eigenvalue weighted by atomic mass is 127. The monoisotopic (exact) mass is 550 g/mol. The molecule has 0 heterocycles. The Labute approximate surface area is 194 Å². The summed E-state index contributed by atoms with van der Waals surface area (Å²) in [6.45, 7) is 6.38. The van der Waals surface area contributed by atoms with Crippen LogP contribution in [0.1, 0.15) is 25.7 Å². The maximum atomic E-state index is 10.2. The topological polar surface area (TPSA) is 102 Å². The molecule has 1 N–H and O–H groups in total. The van der Waals surface area contributed by atoms with E-state index in [1.165, 1.54) is 23.7 Å². The summed E-state index contributed by atoms with van der Waals surface area (Å²) < 4.78 is 38.4. The predicted octanol–water partition coefficient (Wildman–Crippen LogP) is 2.18. The molecule has 0 radical (unpaired) electrons. The van der Waals surface area contributed by atoms with Crippen LogP contribution in [-0.2, 0) is 38.0 Å². The van der Waals surface area contributed by atoms with Gasteiger partial charge in [-0.2, -0.15) is 0 Å². The van der Waals surface area contributed by atoms with Crippen molar-refractivity contribution in [1.82, 2.24) is 0 Å². The number of carbonyl (C=O) groups is 1. The lowest BCUT2D eigenvalue weighted by Gasteiger charge is -2.08. The average Bonchev–Trinajstić information content (AvgIpc) is 2.73. The fourth-order valence-electron chi connectivity index (χ4n) is 2.13. The van der Waals surface area contributed by atoms with Gasteiger partial charge in [-0.25, -0.2) is 4.79 Å². The van der Waals surface area contributed by atoms with E-state index in [0.29, 0.717) is 72.7 Å². The highest BCUT2D eigenvalue weighted by molar-refractivity contribution is 14.1. The fourth-order valence-corrected chi connectivity index (χ4v) is 2.67. The van der Waals surface area contributed by atoms with E-state index in [1.807, 2.05) is 0 Å². The number of hydrogen-bond donors (Lipinski definition) is 1. The summed E-state index contributed by atoms with van der Waals surface area (Å²) in [4.78, 5) is 10.2. The minimum atomic E-state index is -0.985. The Kier molecular flexibility index (Phi) is 26.9. The second-order valence-electron chi connectivity index (χ2n) is 6.22. The highest BCUT2D eigenvalue weighted by Gasteiger charge is 1.97. The van der Waals surface area contributed by atoms with Gasteiger partial charge >= 0.3 is 5.97 Å². The number of ether oxygens (including phenoxy) is 7. The predicted molar refractivity (Wildman–Crippen MR) is 121 cm³/mol. The summed E-state index contributed by atoms with van der Waals surface area (Å²) in [5.74, 6) is -0.985. The number of carboxylic acids is 1. The lowest BCUT2D eigenvalue weighted by molar-refractivity contribution is -0.142. The van der Waals surface area contributed by atoms with Crippen LogP contribution >= 0.6 is 22.6 Å². The van der Waals surface area contributed by atoms with Crippen LogP contribution in [0.5, 0.6) is 0 Å². The number of unbranched alkanes of at least 4 members (excludes halogenated alkanes) is 3. The van der Waals surface area contributed by atoms with Crippen molar-refractivity contribution in [2.75, 3.05) is 96.9 Å². The molecule has 0 rings (SSSR count). The Morgan fingerprint density at radius 1 is 0.500 bits per heavy atom. The van der Waals surface area contributed by atoms with Crippen molar-refractivity contribution in [3.8, 4) is 0 Å². The van der Waals surface area contributed by atoms with Crippen molar-refractivity contribution in [2.45, 2.75) is 25.7 Å². The first-order valence-electron chi connectivity index (χ1n) is 10.6.